The first-order valence-electron chi connectivity index (χ1n) is 7.83. The molecule has 7 heteroatoms. The molecule has 0 aromatic heterocycles. The van der Waals surface area contributed by atoms with Gasteiger partial charge in [0.05, 0.1) is 16.5 Å². The van der Waals surface area contributed by atoms with Crippen molar-refractivity contribution in [2.75, 3.05) is 6.61 Å². The number of hydrogen-bond donors (Lipinski definition) is 0. The number of imide groups is 1. The molecule has 1 heterocycles. The second kappa shape index (κ2) is 8.66. The van der Waals surface area contributed by atoms with Gasteiger partial charge in [0.15, 0.2) is 0 Å². The Morgan fingerprint density at radius 1 is 1.22 bits per heavy atom. The first-order chi connectivity index (χ1) is 13.0. The minimum atomic E-state index is -0.323. The average Bonchev–Trinajstić information content (AvgIpc) is 2.90. The smallest absolute Gasteiger partial charge is 0.293 e. The van der Waals surface area contributed by atoms with Crippen molar-refractivity contribution in [3.63, 3.8) is 0 Å². The fraction of sp³-hybridized carbons (Fsp3) is 0.100. The molecule has 1 aliphatic heterocycles. The van der Waals surface area contributed by atoms with Crippen molar-refractivity contribution >= 4 is 56.5 Å². The summed E-state index contributed by atoms with van der Waals surface area (Å²) in [6, 6.07) is 12.6. The number of hydrogen-bond acceptors (Lipinski definition) is 4. The fourth-order valence-corrected chi connectivity index (χ4v) is 3.75. The van der Waals surface area contributed by atoms with Gasteiger partial charge in [-0.3, -0.25) is 14.5 Å². The molecular formula is C20H13BrClNO3S. The number of terminal acetylenes is 1. The van der Waals surface area contributed by atoms with Gasteiger partial charge < -0.3 is 4.74 Å². The van der Waals surface area contributed by atoms with Crippen LogP contribution in [0.3, 0.4) is 0 Å². The number of halogens is 2. The molecule has 2 aromatic carbocycles. The van der Waals surface area contributed by atoms with E-state index in [-0.39, 0.29) is 24.3 Å². The lowest BCUT2D eigenvalue weighted by molar-refractivity contribution is -0.123. The van der Waals surface area contributed by atoms with Crippen molar-refractivity contribution in [2.24, 2.45) is 0 Å². The zero-order valence-electron chi connectivity index (χ0n) is 13.9. The van der Waals surface area contributed by atoms with Gasteiger partial charge in [0.25, 0.3) is 11.1 Å². The molecular weight excluding hydrogens is 450 g/mol. The zero-order valence-corrected chi connectivity index (χ0v) is 17.1. The molecule has 136 valence electrons. The maximum atomic E-state index is 12.6. The SMILES string of the molecule is C#CCOc1ccc(/C=C2\SC(=O)N(Cc3ccc(Br)cc3)C2=O)cc1Cl. The van der Waals surface area contributed by atoms with E-state index in [1.807, 2.05) is 24.3 Å². The molecule has 2 aromatic rings. The van der Waals surface area contributed by atoms with Crippen molar-refractivity contribution < 1.29 is 14.3 Å². The Balaban J connectivity index is 1.76. The van der Waals surface area contributed by atoms with E-state index in [0.717, 1.165) is 21.8 Å². The molecule has 1 aliphatic rings. The fourth-order valence-electron chi connectivity index (χ4n) is 2.40. The Hall–Kier alpha value is -2.20. The quantitative estimate of drug-likeness (QED) is 0.444. The van der Waals surface area contributed by atoms with Crippen LogP contribution in [0.2, 0.25) is 5.02 Å². The maximum absolute atomic E-state index is 12.6. The monoisotopic (exact) mass is 461 g/mol. The Bertz CT molecular complexity index is 966. The van der Waals surface area contributed by atoms with Crippen molar-refractivity contribution in [2.45, 2.75) is 6.54 Å². The first kappa shape index (κ1) is 19.6. The molecule has 0 spiro atoms. The van der Waals surface area contributed by atoms with Gasteiger partial charge in [0, 0.05) is 4.47 Å². The van der Waals surface area contributed by atoms with E-state index in [2.05, 4.69) is 21.9 Å². The maximum Gasteiger partial charge on any atom is 0.293 e. The van der Waals surface area contributed by atoms with Gasteiger partial charge in [0.2, 0.25) is 0 Å². The summed E-state index contributed by atoms with van der Waals surface area (Å²) in [6.45, 7) is 0.350. The van der Waals surface area contributed by atoms with E-state index in [1.54, 1.807) is 24.3 Å². The molecule has 0 aliphatic carbocycles. The van der Waals surface area contributed by atoms with Crippen molar-refractivity contribution in [3.05, 3.63) is 68.0 Å². The second-order valence-corrected chi connectivity index (χ2v) is 7.89. The summed E-state index contributed by atoms with van der Waals surface area (Å²) in [4.78, 5) is 26.4. The molecule has 27 heavy (non-hydrogen) atoms. The molecule has 0 bridgehead atoms. The number of amides is 2. The Morgan fingerprint density at radius 2 is 1.96 bits per heavy atom. The molecule has 0 radical (unpaired) electrons. The Morgan fingerprint density at radius 3 is 2.63 bits per heavy atom. The van der Waals surface area contributed by atoms with E-state index in [0.29, 0.717) is 21.2 Å². The largest absolute Gasteiger partial charge is 0.479 e. The van der Waals surface area contributed by atoms with Crippen LogP contribution in [0.4, 0.5) is 4.79 Å². The average molecular weight is 463 g/mol. The van der Waals surface area contributed by atoms with E-state index in [4.69, 9.17) is 22.8 Å². The van der Waals surface area contributed by atoms with E-state index in [9.17, 15) is 9.59 Å². The van der Waals surface area contributed by atoms with Crippen LogP contribution in [-0.2, 0) is 11.3 Å². The Kier molecular flexibility index (Phi) is 6.27. The van der Waals surface area contributed by atoms with Gasteiger partial charge in [-0.25, -0.2) is 0 Å². The zero-order chi connectivity index (χ0) is 19.4. The van der Waals surface area contributed by atoms with Gasteiger partial charge in [0.1, 0.15) is 12.4 Å². The van der Waals surface area contributed by atoms with Crippen LogP contribution in [0.1, 0.15) is 11.1 Å². The predicted octanol–water partition coefficient (Wildman–Crippen LogP) is 5.35. The number of carbonyl (C=O) groups excluding carboxylic acids is 2. The number of nitrogens with zero attached hydrogens (tertiary/aromatic N) is 1. The molecule has 2 amide bonds. The molecule has 0 saturated carbocycles. The minimum absolute atomic E-state index is 0.119. The van der Waals surface area contributed by atoms with Crippen LogP contribution in [0.5, 0.6) is 5.75 Å². The third-order valence-electron chi connectivity index (χ3n) is 3.69. The second-order valence-electron chi connectivity index (χ2n) is 5.58. The van der Waals surface area contributed by atoms with E-state index in [1.165, 1.54) is 4.90 Å². The summed E-state index contributed by atoms with van der Waals surface area (Å²) in [5.41, 5.74) is 1.57. The molecule has 1 fully saturated rings. The van der Waals surface area contributed by atoms with Gasteiger partial charge in [-0.05, 0) is 53.2 Å². The number of benzene rings is 2. The van der Waals surface area contributed by atoms with Crippen LogP contribution in [0, 0.1) is 12.3 Å². The summed E-state index contributed by atoms with van der Waals surface area (Å²) in [7, 11) is 0. The van der Waals surface area contributed by atoms with Crippen LogP contribution < -0.4 is 4.74 Å². The van der Waals surface area contributed by atoms with Crippen LogP contribution in [0.25, 0.3) is 6.08 Å². The molecule has 0 unspecified atom stereocenters. The third-order valence-corrected chi connectivity index (χ3v) is 5.42. The van der Waals surface area contributed by atoms with Crippen LogP contribution in [-0.4, -0.2) is 22.7 Å². The lowest BCUT2D eigenvalue weighted by Crippen LogP contribution is -2.27. The van der Waals surface area contributed by atoms with Gasteiger partial charge in [-0.15, -0.1) is 6.42 Å². The minimum Gasteiger partial charge on any atom is -0.479 e. The normalized spacial score (nSPS) is 15.3. The summed E-state index contributed by atoms with van der Waals surface area (Å²) < 4.78 is 6.25. The number of thioether (sulfide) groups is 1. The molecule has 1 saturated heterocycles. The number of rotatable bonds is 5. The lowest BCUT2D eigenvalue weighted by atomic mass is 10.2. The van der Waals surface area contributed by atoms with E-state index < -0.39 is 0 Å². The van der Waals surface area contributed by atoms with Gasteiger partial charge >= 0.3 is 0 Å². The highest BCUT2D eigenvalue weighted by Crippen LogP contribution is 2.34. The molecule has 3 rings (SSSR count). The summed E-state index contributed by atoms with van der Waals surface area (Å²) >= 11 is 10.4. The first-order valence-corrected chi connectivity index (χ1v) is 9.82. The topological polar surface area (TPSA) is 46.6 Å². The van der Waals surface area contributed by atoms with Crippen molar-refractivity contribution in [1.29, 1.82) is 0 Å². The highest BCUT2D eigenvalue weighted by Gasteiger charge is 2.34. The lowest BCUT2D eigenvalue weighted by Gasteiger charge is -2.12. The van der Waals surface area contributed by atoms with Crippen molar-refractivity contribution in [1.82, 2.24) is 4.90 Å². The summed E-state index contributed by atoms with van der Waals surface area (Å²) in [6.07, 6.45) is 6.80. The molecule has 0 N–H and O–H groups in total. The highest BCUT2D eigenvalue weighted by atomic mass is 79.9. The summed E-state index contributed by atoms with van der Waals surface area (Å²) in [5.74, 6) is 2.51. The number of carbonyl (C=O) groups is 2. The standard InChI is InChI=1S/C20H13BrClNO3S/c1-2-9-26-17-8-5-14(10-16(17)22)11-18-19(24)23(20(25)27-18)12-13-3-6-15(21)7-4-13/h1,3-8,10-11H,9,12H2/b18-11-. The van der Waals surface area contributed by atoms with Crippen LogP contribution in [0.15, 0.2) is 51.8 Å². The third kappa shape index (κ3) is 4.75. The van der Waals surface area contributed by atoms with Crippen molar-refractivity contribution in [3.8, 4) is 18.1 Å². The van der Waals surface area contributed by atoms with E-state index >= 15 is 0 Å². The molecule has 4 nitrogen and oxygen atoms in total. The molecule has 0 atom stereocenters. The predicted molar refractivity (Wildman–Crippen MR) is 111 cm³/mol. The summed E-state index contributed by atoms with van der Waals surface area (Å²) in [5, 5.41) is 0.0855. The number of ether oxygens (including phenoxy) is 1. The van der Waals surface area contributed by atoms with Gasteiger partial charge in [-0.2, -0.15) is 0 Å². The van der Waals surface area contributed by atoms with Gasteiger partial charge in [-0.1, -0.05) is 51.7 Å². The van der Waals surface area contributed by atoms with Crippen LogP contribution >= 0.6 is 39.3 Å². The highest BCUT2D eigenvalue weighted by molar-refractivity contribution is 9.10. The Labute approximate surface area is 174 Å².